The third-order valence-electron chi connectivity index (χ3n) is 6.82. The molecule has 0 unspecified atom stereocenters. The van der Waals surface area contributed by atoms with Crippen molar-refractivity contribution in [2.75, 3.05) is 62.7 Å². The lowest BCUT2D eigenvalue weighted by Gasteiger charge is -2.36. The quantitative estimate of drug-likeness (QED) is 0.660. The second kappa shape index (κ2) is 10.3. The first kappa shape index (κ1) is 23.8. The summed E-state index contributed by atoms with van der Waals surface area (Å²) in [6.07, 6.45) is 0.735. The number of phenols is 1. The predicted octanol–water partition coefficient (Wildman–Crippen LogP) is 2.23. The number of hydrogen-bond acceptors (Lipinski definition) is 6. The number of carbonyl (C=O) groups excluding carboxylic acids is 3. The van der Waals surface area contributed by atoms with Crippen molar-refractivity contribution in [3.8, 4) is 5.75 Å². The molecule has 2 aromatic carbocycles. The van der Waals surface area contributed by atoms with E-state index in [1.807, 2.05) is 29.2 Å². The zero-order valence-electron chi connectivity index (χ0n) is 19.8. The number of piperazine rings is 1. The number of carbonyl (C=O) groups is 3. The van der Waals surface area contributed by atoms with Crippen LogP contribution in [0, 0.1) is 5.92 Å². The number of amides is 2. The zero-order chi connectivity index (χ0) is 24.2. The van der Waals surface area contributed by atoms with Crippen molar-refractivity contribution in [1.82, 2.24) is 9.80 Å². The largest absolute Gasteiger partial charge is 0.508 e. The molecular weight excluding hydrogens is 432 g/mol. The number of anilines is 2. The Morgan fingerprint density at radius 3 is 2.21 bits per heavy atom. The fourth-order valence-electron chi connectivity index (χ4n) is 4.67. The van der Waals surface area contributed by atoms with Crippen LogP contribution < -0.4 is 9.80 Å². The molecule has 2 aromatic rings. The van der Waals surface area contributed by atoms with Gasteiger partial charge in [0.2, 0.25) is 11.8 Å². The SMILES string of the molecule is CC(=O)c1ccc(N2CCN(C(=O)CN3CC[C@H](C(=O)N(C)c4ccc(O)cc4)C3)CC2)cc1. The summed E-state index contributed by atoms with van der Waals surface area (Å²) < 4.78 is 0. The number of likely N-dealkylation sites (tertiary alicyclic amines) is 1. The molecule has 0 spiro atoms. The van der Waals surface area contributed by atoms with Gasteiger partial charge < -0.3 is 19.8 Å². The monoisotopic (exact) mass is 464 g/mol. The normalized spacial score (nSPS) is 18.7. The number of phenolic OH excluding ortho intramolecular Hbond substituents is 1. The Balaban J connectivity index is 1.24. The fourth-order valence-corrected chi connectivity index (χ4v) is 4.67. The minimum Gasteiger partial charge on any atom is -0.508 e. The van der Waals surface area contributed by atoms with Gasteiger partial charge in [0.15, 0.2) is 5.78 Å². The predicted molar refractivity (Wildman–Crippen MR) is 131 cm³/mol. The van der Waals surface area contributed by atoms with Crippen molar-refractivity contribution >= 4 is 29.0 Å². The highest BCUT2D eigenvalue weighted by atomic mass is 16.3. The van der Waals surface area contributed by atoms with Gasteiger partial charge in [-0.25, -0.2) is 0 Å². The molecule has 8 heteroatoms. The lowest BCUT2D eigenvalue weighted by molar-refractivity contribution is -0.132. The van der Waals surface area contributed by atoms with Crippen LogP contribution in [0.4, 0.5) is 11.4 Å². The van der Waals surface area contributed by atoms with Crippen LogP contribution in [0.1, 0.15) is 23.7 Å². The number of Topliss-reactive ketones (excluding diaryl/α,β-unsaturated/α-hetero) is 1. The molecule has 0 radical (unpaired) electrons. The molecule has 0 aliphatic carbocycles. The van der Waals surface area contributed by atoms with E-state index in [2.05, 4.69) is 9.80 Å². The van der Waals surface area contributed by atoms with Crippen LogP contribution in [-0.2, 0) is 9.59 Å². The van der Waals surface area contributed by atoms with Crippen molar-refractivity contribution in [3.63, 3.8) is 0 Å². The van der Waals surface area contributed by atoms with Crippen molar-refractivity contribution in [1.29, 1.82) is 0 Å². The van der Waals surface area contributed by atoms with E-state index in [1.54, 1.807) is 43.1 Å². The second-order valence-electron chi connectivity index (χ2n) is 9.11. The summed E-state index contributed by atoms with van der Waals surface area (Å²) in [4.78, 5) is 45.1. The fraction of sp³-hybridized carbons (Fsp3) is 0.423. The van der Waals surface area contributed by atoms with E-state index in [1.165, 1.54) is 0 Å². The number of benzene rings is 2. The van der Waals surface area contributed by atoms with Crippen LogP contribution in [0.3, 0.4) is 0 Å². The van der Waals surface area contributed by atoms with Crippen LogP contribution in [-0.4, -0.2) is 85.4 Å². The van der Waals surface area contributed by atoms with Crippen LogP contribution in [0.25, 0.3) is 0 Å². The third kappa shape index (κ3) is 5.39. The van der Waals surface area contributed by atoms with Gasteiger partial charge in [-0.1, -0.05) is 0 Å². The van der Waals surface area contributed by atoms with E-state index >= 15 is 0 Å². The van der Waals surface area contributed by atoms with Gasteiger partial charge in [0.05, 0.1) is 12.5 Å². The Labute approximate surface area is 200 Å². The molecule has 180 valence electrons. The number of ketones is 1. The lowest BCUT2D eigenvalue weighted by Crippen LogP contribution is -2.51. The minimum absolute atomic E-state index is 0.0324. The summed E-state index contributed by atoms with van der Waals surface area (Å²) in [6.45, 7) is 6.03. The topological polar surface area (TPSA) is 84.4 Å². The van der Waals surface area contributed by atoms with Crippen molar-refractivity contribution in [2.45, 2.75) is 13.3 Å². The van der Waals surface area contributed by atoms with Gasteiger partial charge in [-0.2, -0.15) is 0 Å². The second-order valence-corrected chi connectivity index (χ2v) is 9.11. The summed E-state index contributed by atoms with van der Waals surface area (Å²) >= 11 is 0. The molecule has 2 aliphatic heterocycles. The first-order valence-electron chi connectivity index (χ1n) is 11.7. The Morgan fingerprint density at radius 1 is 0.941 bits per heavy atom. The number of rotatable bonds is 6. The average Bonchev–Trinajstić information content (AvgIpc) is 3.32. The van der Waals surface area contributed by atoms with Gasteiger partial charge in [0, 0.05) is 56.7 Å². The van der Waals surface area contributed by atoms with E-state index in [0.717, 1.165) is 37.4 Å². The summed E-state index contributed by atoms with van der Waals surface area (Å²) in [5.74, 6) is 0.222. The smallest absolute Gasteiger partial charge is 0.236 e. The highest BCUT2D eigenvalue weighted by molar-refractivity contribution is 5.95. The molecule has 2 aliphatic rings. The highest BCUT2D eigenvalue weighted by Gasteiger charge is 2.32. The van der Waals surface area contributed by atoms with Gasteiger partial charge in [-0.15, -0.1) is 0 Å². The standard InChI is InChI=1S/C26H32N4O4/c1-19(31)20-3-5-23(6-4-20)29-13-15-30(16-14-29)25(33)18-28-12-11-21(17-28)26(34)27(2)22-7-9-24(32)10-8-22/h3-10,21,32H,11-18H2,1-2H3/t21-/m0/s1. The molecule has 1 atom stereocenters. The molecule has 2 heterocycles. The van der Waals surface area contributed by atoms with Gasteiger partial charge in [0.1, 0.15) is 5.75 Å². The van der Waals surface area contributed by atoms with Gasteiger partial charge in [0.25, 0.3) is 0 Å². The summed E-state index contributed by atoms with van der Waals surface area (Å²) in [5.41, 5.74) is 2.51. The van der Waals surface area contributed by atoms with Crippen LogP contribution >= 0.6 is 0 Å². The van der Waals surface area contributed by atoms with Crippen LogP contribution in [0.2, 0.25) is 0 Å². The van der Waals surface area contributed by atoms with Crippen molar-refractivity contribution < 1.29 is 19.5 Å². The molecule has 0 aromatic heterocycles. The van der Waals surface area contributed by atoms with Crippen molar-refractivity contribution in [3.05, 3.63) is 54.1 Å². The Hall–Kier alpha value is -3.39. The summed E-state index contributed by atoms with van der Waals surface area (Å²) in [5, 5.41) is 9.46. The molecule has 4 rings (SSSR count). The van der Waals surface area contributed by atoms with Crippen LogP contribution in [0.15, 0.2) is 48.5 Å². The minimum atomic E-state index is -0.138. The summed E-state index contributed by atoms with van der Waals surface area (Å²) in [7, 11) is 1.75. The Bertz CT molecular complexity index is 1030. The lowest BCUT2D eigenvalue weighted by atomic mass is 10.1. The molecule has 1 N–H and O–H groups in total. The average molecular weight is 465 g/mol. The molecule has 2 amide bonds. The Kier molecular flexibility index (Phi) is 7.17. The Morgan fingerprint density at radius 2 is 1.59 bits per heavy atom. The van der Waals surface area contributed by atoms with Gasteiger partial charge in [-0.3, -0.25) is 19.3 Å². The molecule has 2 saturated heterocycles. The first-order chi connectivity index (χ1) is 16.3. The van der Waals surface area contributed by atoms with Gasteiger partial charge in [-0.05, 0) is 68.4 Å². The maximum Gasteiger partial charge on any atom is 0.236 e. The van der Waals surface area contributed by atoms with Crippen molar-refractivity contribution in [2.24, 2.45) is 5.92 Å². The van der Waals surface area contributed by atoms with E-state index < -0.39 is 0 Å². The zero-order valence-corrected chi connectivity index (χ0v) is 19.8. The van der Waals surface area contributed by atoms with Gasteiger partial charge >= 0.3 is 0 Å². The molecule has 8 nitrogen and oxygen atoms in total. The number of nitrogens with zero attached hydrogens (tertiary/aromatic N) is 4. The van der Waals surface area contributed by atoms with Crippen LogP contribution in [0.5, 0.6) is 5.75 Å². The van der Waals surface area contributed by atoms with E-state index in [0.29, 0.717) is 31.7 Å². The molecule has 0 bridgehead atoms. The third-order valence-corrected chi connectivity index (χ3v) is 6.82. The number of aromatic hydroxyl groups is 1. The summed E-state index contributed by atoms with van der Waals surface area (Å²) in [6, 6.07) is 14.2. The maximum atomic E-state index is 12.9. The maximum absolute atomic E-state index is 12.9. The molecular formula is C26H32N4O4. The highest BCUT2D eigenvalue weighted by Crippen LogP contribution is 2.24. The molecule has 0 saturated carbocycles. The molecule has 2 fully saturated rings. The van der Waals surface area contributed by atoms with E-state index in [4.69, 9.17) is 0 Å². The first-order valence-corrected chi connectivity index (χ1v) is 11.7. The molecule has 34 heavy (non-hydrogen) atoms. The van der Waals surface area contributed by atoms with E-state index in [-0.39, 0.29) is 29.3 Å². The van der Waals surface area contributed by atoms with E-state index in [9.17, 15) is 19.5 Å². The number of hydrogen-bond donors (Lipinski definition) is 1.